The van der Waals surface area contributed by atoms with Gasteiger partial charge < -0.3 is 4.74 Å². The standard InChI is InChI=1S/C18H24O3/c1-5-12-8-7-9-15(21-6-2)16(12)17-13(19)10-18(3,4)11-14(17)20/h7-9,17H,5-6,10-11H2,1-4H3. The summed E-state index contributed by atoms with van der Waals surface area (Å²) in [5, 5.41) is 0. The average molecular weight is 288 g/mol. The fraction of sp³-hybridized carbons (Fsp3) is 0.556. The number of carbonyl (C=O) groups excluding carboxylic acids is 2. The Labute approximate surface area is 126 Å². The first-order chi connectivity index (χ1) is 9.89. The molecular formula is C18H24O3. The number of ketones is 2. The highest BCUT2D eigenvalue weighted by Crippen LogP contribution is 2.42. The van der Waals surface area contributed by atoms with Crippen molar-refractivity contribution in [3.05, 3.63) is 29.3 Å². The van der Waals surface area contributed by atoms with Gasteiger partial charge in [0.15, 0.2) is 0 Å². The lowest BCUT2D eigenvalue weighted by Crippen LogP contribution is -2.36. The molecule has 0 amide bonds. The molecule has 0 aliphatic heterocycles. The maximum atomic E-state index is 12.6. The van der Waals surface area contributed by atoms with Crippen molar-refractivity contribution in [3.8, 4) is 5.75 Å². The van der Waals surface area contributed by atoms with E-state index in [1.807, 2.05) is 45.9 Å². The molecule has 2 rings (SSSR count). The maximum absolute atomic E-state index is 12.6. The van der Waals surface area contributed by atoms with Crippen molar-refractivity contribution < 1.29 is 14.3 Å². The van der Waals surface area contributed by atoms with E-state index < -0.39 is 5.92 Å². The second-order valence-electron chi connectivity index (χ2n) is 6.50. The average Bonchev–Trinajstić information content (AvgIpc) is 2.38. The van der Waals surface area contributed by atoms with E-state index in [0.29, 0.717) is 25.2 Å². The van der Waals surface area contributed by atoms with Crippen molar-refractivity contribution in [2.45, 2.75) is 52.9 Å². The van der Waals surface area contributed by atoms with Crippen molar-refractivity contribution in [2.24, 2.45) is 5.41 Å². The van der Waals surface area contributed by atoms with E-state index in [1.165, 1.54) is 0 Å². The van der Waals surface area contributed by atoms with Crippen LogP contribution >= 0.6 is 0 Å². The summed E-state index contributed by atoms with van der Waals surface area (Å²) in [4.78, 5) is 25.1. The number of hydrogen-bond acceptors (Lipinski definition) is 3. The number of rotatable bonds is 4. The maximum Gasteiger partial charge on any atom is 0.148 e. The van der Waals surface area contributed by atoms with Gasteiger partial charge >= 0.3 is 0 Å². The van der Waals surface area contributed by atoms with Crippen molar-refractivity contribution in [3.63, 3.8) is 0 Å². The molecule has 0 unspecified atom stereocenters. The van der Waals surface area contributed by atoms with Crippen molar-refractivity contribution in [1.29, 1.82) is 0 Å². The van der Waals surface area contributed by atoms with Crippen LogP contribution in [-0.2, 0) is 16.0 Å². The molecule has 1 aliphatic rings. The van der Waals surface area contributed by atoms with E-state index in [9.17, 15) is 9.59 Å². The molecule has 3 heteroatoms. The Morgan fingerprint density at radius 1 is 1.14 bits per heavy atom. The van der Waals surface area contributed by atoms with Crippen LogP contribution in [0.4, 0.5) is 0 Å². The van der Waals surface area contributed by atoms with Gasteiger partial charge in [-0.25, -0.2) is 0 Å². The molecule has 0 atom stereocenters. The molecule has 1 saturated carbocycles. The first kappa shape index (κ1) is 15.7. The van der Waals surface area contributed by atoms with Crippen LogP contribution in [-0.4, -0.2) is 18.2 Å². The molecule has 0 N–H and O–H groups in total. The first-order valence-corrected chi connectivity index (χ1v) is 7.69. The molecule has 1 aliphatic carbocycles. The fourth-order valence-corrected chi connectivity index (χ4v) is 3.22. The highest BCUT2D eigenvalue weighted by molar-refractivity contribution is 6.10. The Bertz CT molecular complexity index is 538. The van der Waals surface area contributed by atoms with E-state index in [2.05, 4.69) is 0 Å². The summed E-state index contributed by atoms with van der Waals surface area (Å²) in [5.41, 5.74) is 1.61. The second-order valence-corrected chi connectivity index (χ2v) is 6.50. The number of aryl methyl sites for hydroxylation is 1. The molecule has 0 bridgehead atoms. The van der Waals surface area contributed by atoms with Gasteiger partial charge in [0.1, 0.15) is 23.2 Å². The Hall–Kier alpha value is -1.64. The Kier molecular flexibility index (Phi) is 4.50. The van der Waals surface area contributed by atoms with Gasteiger partial charge in [-0.3, -0.25) is 9.59 Å². The molecule has 1 aromatic carbocycles. The zero-order valence-electron chi connectivity index (χ0n) is 13.4. The molecule has 0 saturated heterocycles. The molecule has 3 nitrogen and oxygen atoms in total. The van der Waals surface area contributed by atoms with Crippen LogP contribution in [0, 0.1) is 5.41 Å². The predicted molar refractivity (Wildman–Crippen MR) is 82.8 cm³/mol. The van der Waals surface area contributed by atoms with Gasteiger partial charge in [0, 0.05) is 18.4 Å². The fourth-order valence-electron chi connectivity index (χ4n) is 3.22. The minimum Gasteiger partial charge on any atom is -0.494 e. The lowest BCUT2D eigenvalue weighted by molar-refractivity contribution is -0.135. The third kappa shape index (κ3) is 3.17. The summed E-state index contributed by atoms with van der Waals surface area (Å²) >= 11 is 0. The smallest absolute Gasteiger partial charge is 0.148 e. The second kappa shape index (κ2) is 6.00. The SMILES string of the molecule is CCOc1cccc(CC)c1C1C(=O)CC(C)(C)CC1=O. The van der Waals surface area contributed by atoms with Crippen LogP contribution in [0.5, 0.6) is 5.75 Å². The van der Waals surface area contributed by atoms with Crippen LogP contribution in [0.25, 0.3) is 0 Å². The summed E-state index contributed by atoms with van der Waals surface area (Å²) in [6.45, 7) is 8.44. The lowest BCUT2D eigenvalue weighted by Gasteiger charge is -2.33. The molecular weight excluding hydrogens is 264 g/mol. The van der Waals surface area contributed by atoms with Gasteiger partial charge in [0.05, 0.1) is 6.61 Å². The number of benzene rings is 1. The highest BCUT2D eigenvalue weighted by atomic mass is 16.5. The van der Waals surface area contributed by atoms with E-state index >= 15 is 0 Å². The first-order valence-electron chi connectivity index (χ1n) is 7.69. The third-order valence-electron chi connectivity index (χ3n) is 4.08. The van der Waals surface area contributed by atoms with E-state index in [0.717, 1.165) is 17.5 Å². The molecule has 1 fully saturated rings. The lowest BCUT2D eigenvalue weighted by atomic mass is 9.69. The summed E-state index contributed by atoms with van der Waals surface area (Å²) in [6.07, 6.45) is 1.69. The quantitative estimate of drug-likeness (QED) is 0.794. The molecule has 21 heavy (non-hydrogen) atoms. The summed E-state index contributed by atoms with van der Waals surface area (Å²) in [5.74, 6) is 0.0928. The van der Waals surface area contributed by atoms with Gasteiger partial charge in [0.25, 0.3) is 0 Å². The van der Waals surface area contributed by atoms with Gasteiger partial charge in [-0.2, -0.15) is 0 Å². The molecule has 0 radical (unpaired) electrons. The number of carbonyl (C=O) groups is 2. The van der Waals surface area contributed by atoms with Gasteiger partial charge in [-0.15, -0.1) is 0 Å². The Balaban J connectivity index is 2.50. The Morgan fingerprint density at radius 3 is 2.29 bits per heavy atom. The van der Waals surface area contributed by atoms with Gasteiger partial charge in [0.2, 0.25) is 0 Å². The van der Waals surface area contributed by atoms with Crippen molar-refractivity contribution in [2.75, 3.05) is 6.61 Å². The third-order valence-corrected chi connectivity index (χ3v) is 4.08. The molecule has 0 heterocycles. The van der Waals surface area contributed by atoms with Crippen LogP contribution in [0.3, 0.4) is 0 Å². The predicted octanol–water partition coefficient (Wildman–Crippen LogP) is 3.69. The van der Waals surface area contributed by atoms with E-state index in [4.69, 9.17) is 4.74 Å². The monoisotopic (exact) mass is 288 g/mol. The molecule has 0 spiro atoms. The van der Waals surface area contributed by atoms with Crippen molar-refractivity contribution in [1.82, 2.24) is 0 Å². The van der Waals surface area contributed by atoms with Gasteiger partial charge in [-0.05, 0) is 30.4 Å². The van der Waals surface area contributed by atoms with Crippen LogP contribution in [0.15, 0.2) is 18.2 Å². The number of ether oxygens (including phenoxy) is 1. The van der Waals surface area contributed by atoms with Crippen LogP contribution in [0.2, 0.25) is 0 Å². The zero-order chi connectivity index (χ0) is 15.6. The minimum atomic E-state index is -0.643. The summed E-state index contributed by atoms with van der Waals surface area (Å²) < 4.78 is 5.68. The van der Waals surface area contributed by atoms with Gasteiger partial charge in [-0.1, -0.05) is 32.9 Å². The van der Waals surface area contributed by atoms with E-state index in [1.54, 1.807) is 0 Å². The summed E-state index contributed by atoms with van der Waals surface area (Å²) in [7, 11) is 0. The zero-order valence-corrected chi connectivity index (χ0v) is 13.4. The summed E-state index contributed by atoms with van der Waals surface area (Å²) in [6, 6.07) is 5.77. The largest absolute Gasteiger partial charge is 0.494 e. The van der Waals surface area contributed by atoms with Crippen molar-refractivity contribution >= 4 is 11.6 Å². The Morgan fingerprint density at radius 2 is 1.76 bits per heavy atom. The minimum absolute atomic E-state index is 0.0260. The number of hydrogen-bond donors (Lipinski definition) is 0. The van der Waals surface area contributed by atoms with Crippen LogP contribution in [0.1, 0.15) is 57.6 Å². The highest BCUT2D eigenvalue weighted by Gasteiger charge is 2.42. The molecule has 114 valence electrons. The molecule has 1 aromatic rings. The normalized spacial score (nSPS) is 18.9. The van der Waals surface area contributed by atoms with Crippen LogP contribution < -0.4 is 4.74 Å². The van der Waals surface area contributed by atoms with E-state index in [-0.39, 0.29) is 17.0 Å². The number of Topliss-reactive ketones (excluding diaryl/α,β-unsaturated/α-hetero) is 2. The topological polar surface area (TPSA) is 43.4 Å². The molecule has 0 aromatic heterocycles.